The number of pyridine rings is 1. The van der Waals surface area contributed by atoms with E-state index in [-0.39, 0.29) is 44.1 Å². The van der Waals surface area contributed by atoms with Crippen LogP contribution in [-0.4, -0.2) is 83.1 Å². The first kappa shape index (κ1) is 32.2. The largest absolute Gasteiger partial charge is 0.460 e. The number of aromatic nitrogens is 1. The number of carbonyl (C=O) groups is 4. The quantitative estimate of drug-likeness (QED) is 0.346. The highest BCUT2D eigenvalue weighted by Crippen LogP contribution is 2.26. The molecule has 0 bridgehead atoms. The highest BCUT2D eigenvalue weighted by molar-refractivity contribution is 5.98. The van der Waals surface area contributed by atoms with Crippen molar-refractivity contribution >= 4 is 23.9 Å². The fourth-order valence-corrected chi connectivity index (χ4v) is 4.89. The summed E-state index contributed by atoms with van der Waals surface area (Å²) in [7, 11) is 0. The van der Waals surface area contributed by atoms with Gasteiger partial charge in [-0.1, -0.05) is 60.7 Å². The summed E-state index contributed by atoms with van der Waals surface area (Å²) in [6.07, 6.45) is -0.446. The van der Waals surface area contributed by atoms with Crippen LogP contribution < -0.4 is 5.32 Å². The lowest BCUT2D eigenvalue weighted by Crippen LogP contribution is -2.56. The number of nitrogens with one attached hydrogen (secondary N) is 1. The molecule has 1 unspecified atom stereocenters. The zero-order chi connectivity index (χ0) is 31.7. The number of piperazine rings is 1. The number of hydrogen-bond donors (Lipinski definition) is 1. The third-order valence-corrected chi connectivity index (χ3v) is 7.01. The van der Waals surface area contributed by atoms with Crippen LogP contribution in [0.25, 0.3) is 22.4 Å². The highest BCUT2D eigenvalue weighted by atomic mass is 16.6. The molecule has 232 valence electrons. The Kier molecular flexibility index (Phi) is 10.7. The van der Waals surface area contributed by atoms with Crippen LogP contribution >= 0.6 is 0 Å². The van der Waals surface area contributed by atoms with Gasteiger partial charge in [-0.15, -0.1) is 0 Å². The lowest BCUT2D eigenvalue weighted by Gasteiger charge is -2.36. The molecule has 0 saturated carbocycles. The van der Waals surface area contributed by atoms with Gasteiger partial charge in [0, 0.05) is 38.2 Å². The van der Waals surface area contributed by atoms with Crippen molar-refractivity contribution in [3.05, 3.63) is 78.5 Å². The van der Waals surface area contributed by atoms with Gasteiger partial charge in [-0.05, 0) is 57.4 Å². The van der Waals surface area contributed by atoms with E-state index in [9.17, 15) is 19.2 Å². The minimum atomic E-state index is -1.01. The summed E-state index contributed by atoms with van der Waals surface area (Å²) in [5, 5.41) is 2.85. The SMILES string of the molecule is CCOC(=O)N1CCN(C(=O)C(CCC(=O)OC(C)(C)C)NC(=O)c2cc(-c3ccccc3)cc(-c3ccccc3)n2)CC1. The second kappa shape index (κ2) is 14.6. The normalized spacial score (nSPS) is 14.0. The predicted octanol–water partition coefficient (Wildman–Crippen LogP) is 4.94. The van der Waals surface area contributed by atoms with Gasteiger partial charge in [-0.3, -0.25) is 14.4 Å². The average molecular weight is 601 g/mol. The molecule has 1 aliphatic rings. The second-order valence-corrected chi connectivity index (χ2v) is 11.5. The van der Waals surface area contributed by atoms with E-state index in [0.717, 1.165) is 16.7 Å². The van der Waals surface area contributed by atoms with Crippen molar-refractivity contribution in [3.8, 4) is 22.4 Å². The topological polar surface area (TPSA) is 118 Å². The molecule has 1 aromatic heterocycles. The van der Waals surface area contributed by atoms with Gasteiger partial charge in [-0.25, -0.2) is 9.78 Å². The molecule has 10 heteroatoms. The molecule has 4 rings (SSSR count). The first-order valence-corrected chi connectivity index (χ1v) is 14.9. The van der Waals surface area contributed by atoms with Crippen molar-refractivity contribution in [3.63, 3.8) is 0 Å². The number of carbonyl (C=O) groups excluding carboxylic acids is 4. The van der Waals surface area contributed by atoms with Gasteiger partial charge in [0.05, 0.1) is 12.3 Å². The summed E-state index contributed by atoms with van der Waals surface area (Å²) in [5.41, 5.74) is 2.64. The Balaban J connectivity index is 1.58. The number of esters is 1. The van der Waals surface area contributed by atoms with E-state index in [1.54, 1.807) is 43.6 Å². The molecule has 3 amide bonds. The summed E-state index contributed by atoms with van der Waals surface area (Å²) >= 11 is 0. The van der Waals surface area contributed by atoms with Crippen molar-refractivity contribution in [1.82, 2.24) is 20.1 Å². The van der Waals surface area contributed by atoms with Crippen LogP contribution in [0.2, 0.25) is 0 Å². The lowest BCUT2D eigenvalue weighted by molar-refractivity contribution is -0.155. The molecule has 1 atom stereocenters. The molecule has 2 heterocycles. The zero-order valence-electron chi connectivity index (χ0n) is 25.7. The number of benzene rings is 2. The molecule has 3 aromatic rings. The van der Waals surface area contributed by atoms with Gasteiger partial charge >= 0.3 is 12.1 Å². The molecule has 1 saturated heterocycles. The molecule has 1 fully saturated rings. The Bertz CT molecular complexity index is 1390. The van der Waals surface area contributed by atoms with E-state index in [4.69, 9.17) is 9.47 Å². The number of amides is 3. The summed E-state index contributed by atoms with van der Waals surface area (Å²) < 4.78 is 10.5. The van der Waals surface area contributed by atoms with Gasteiger partial charge in [0.15, 0.2) is 0 Å². The van der Waals surface area contributed by atoms with Crippen molar-refractivity contribution in [2.24, 2.45) is 0 Å². The highest BCUT2D eigenvalue weighted by Gasteiger charge is 2.32. The van der Waals surface area contributed by atoms with Crippen LogP contribution in [-0.2, 0) is 19.1 Å². The Hall–Kier alpha value is -4.73. The van der Waals surface area contributed by atoms with E-state index in [1.807, 2.05) is 66.7 Å². The minimum Gasteiger partial charge on any atom is -0.460 e. The zero-order valence-corrected chi connectivity index (χ0v) is 25.7. The van der Waals surface area contributed by atoms with Gasteiger partial charge in [0.1, 0.15) is 17.3 Å². The molecular formula is C34H40N4O6. The molecule has 44 heavy (non-hydrogen) atoms. The molecular weight excluding hydrogens is 560 g/mol. The Morgan fingerprint density at radius 2 is 1.43 bits per heavy atom. The summed E-state index contributed by atoms with van der Waals surface area (Å²) in [6.45, 7) is 8.48. The molecule has 10 nitrogen and oxygen atoms in total. The Morgan fingerprint density at radius 1 is 0.841 bits per heavy atom. The molecule has 0 aliphatic carbocycles. The average Bonchev–Trinajstić information content (AvgIpc) is 3.02. The number of hydrogen-bond acceptors (Lipinski definition) is 7. The molecule has 1 aliphatic heterocycles. The van der Waals surface area contributed by atoms with Crippen molar-refractivity contribution in [2.75, 3.05) is 32.8 Å². The smallest absolute Gasteiger partial charge is 0.409 e. The maximum Gasteiger partial charge on any atom is 0.409 e. The van der Waals surface area contributed by atoms with Gasteiger partial charge in [0.25, 0.3) is 5.91 Å². The van der Waals surface area contributed by atoms with E-state index < -0.39 is 29.6 Å². The van der Waals surface area contributed by atoms with Crippen molar-refractivity contribution in [1.29, 1.82) is 0 Å². The van der Waals surface area contributed by atoms with Crippen LogP contribution in [0.15, 0.2) is 72.8 Å². The van der Waals surface area contributed by atoms with Crippen molar-refractivity contribution < 1.29 is 28.7 Å². The van der Waals surface area contributed by atoms with Crippen LogP contribution in [0.4, 0.5) is 4.79 Å². The van der Waals surface area contributed by atoms with Crippen LogP contribution in [0, 0.1) is 0 Å². The maximum absolute atomic E-state index is 13.8. The number of rotatable bonds is 9. The lowest BCUT2D eigenvalue weighted by atomic mass is 10.0. The summed E-state index contributed by atoms with van der Waals surface area (Å²) in [5.74, 6) is -1.34. The van der Waals surface area contributed by atoms with Crippen LogP contribution in [0.3, 0.4) is 0 Å². The molecule has 0 radical (unpaired) electrons. The monoisotopic (exact) mass is 600 g/mol. The first-order chi connectivity index (χ1) is 21.0. The fraction of sp³-hybridized carbons (Fsp3) is 0.382. The Morgan fingerprint density at radius 3 is 2.02 bits per heavy atom. The molecule has 0 spiro atoms. The van der Waals surface area contributed by atoms with Gasteiger partial charge in [-0.2, -0.15) is 0 Å². The Labute approximate surface area is 258 Å². The van der Waals surface area contributed by atoms with E-state index in [0.29, 0.717) is 18.8 Å². The fourth-order valence-electron chi connectivity index (χ4n) is 4.89. The molecule has 1 N–H and O–H groups in total. The van der Waals surface area contributed by atoms with E-state index in [2.05, 4.69) is 10.3 Å². The van der Waals surface area contributed by atoms with Crippen LogP contribution in [0.5, 0.6) is 0 Å². The predicted molar refractivity (Wildman–Crippen MR) is 167 cm³/mol. The number of nitrogens with zero attached hydrogens (tertiary/aromatic N) is 3. The minimum absolute atomic E-state index is 0.0432. The van der Waals surface area contributed by atoms with Crippen molar-refractivity contribution in [2.45, 2.75) is 52.2 Å². The third kappa shape index (κ3) is 8.89. The van der Waals surface area contributed by atoms with E-state index >= 15 is 0 Å². The third-order valence-electron chi connectivity index (χ3n) is 7.01. The standard InChI is InChI=1S/C34H40N4O6/c1-5-43-33(42)38-20-18-37(19-21-38)32(41)27(16-17-30(39)44-34(2,3)4)36-31(40)29-23-26(24-12-8-6-9-13-24)22-28(35-29)25-14-10-7-11-15-25/h6-15,22-23,27H,5,16-21H2,1-4H3,(H,36,40). The summed E-state index contributed by atoms with van der Waals surface area (Å²) in [6, 6.07) is 21.8. The van der Waals surface area contributed by atoms with Gasteiger partial charge < -0.3 is 24.6 Å². The number of ether oxygens (including phenoxy) is 2. The van der Waals surface area contributed by atoms with E-state index in [1.165, 1.54) is 0 Å². The van der Waals surface area contributed by atoms with Gasteiger partial charge in [0.2, 0.25) is 5.91 Å². The second-order valence-electron chi connectivity index (χ2n) is 11.5. The molecule has 2 aromatic carbocycles. The maximum atomic E-state index is 13.8. The summed E-state index contributed by atoms with van der Waals surface area (Å²) in [4.78, 5) is 60.0. The van der Waals surface area contributed by atoms with Crippen LogP contribution in [0.1, 0.15) is 51.0 Å². The first-order valence-electron chi connectivity index (χ1n) is 14.9.